The van der Waals surface area contributed by atoms with Gasteiger partial charge in [-0.1, -0.05) is 18.2 Å². The highest BCUT2D eigenvalue weighted by Crippen LogP contribution is 2.07. The van der Waals surface area contributed by atoms with Crippen molar-refractivity contribution in [2.24, 2.45) is 16.5 Å². The first-order chi connectivity index (χ1) is 14.0. The van der Waals surface area contributed by atoms with Gasteiger partial charge in [0.15, 0.2) is 5.96 Å². The number of hydrogen-bond donors (Lipinski definition) is 5. The number of carbonyl (C=O) groups excluding carboxylic acids is 1. The predicted molar refractivity (Wildman–Crippen MR) is 110 cm³/mol. The molecular weight excluding hydrogens is 372 g/mol. The Balaban J connectivity index is 1.83. The zero-order valence-corrected chi connectivity index (χ0v) is 16.0. The summed E-state index contributed by atoms with van der Waals surface area (Å²) in [5.41, 5.74) is 12.8. The Kier molecular flexibility index (Phi) is 8.58. The molecule has 1 atom stereocenters. The van der Waals surface area contributed by atoms with Crippen molar-refractivity contribution in [2.45, 2.75) is 32.0 Å². The van der Waals surface area contributed by atoms with Gasteiger partial charge < -0.3 is 27.2 Å². The van der Waals surface area contributed by atoms with Crippen molar-refractivity contribution < 1.29 is 14.7 Å². The molecule has 1 amide bonds. The average molecular weight is 398 g/mol. The molecule has 0 radical (unpaired) electrons. The van der Waals surface area contributed by atoms with Gasteiger partial charge in [-0.05, 0) is 42.7 Å². The third kappa shape index (κ3) is 7.97. The van der Waals surface area contributed by atoms with Gasteiger partial charge in [0, 0.05) is 31.4 Å². The monoisotopic (exact) mass is 398 g/mol. The number of guanidine groups is 1. The van der Waals surface area contributed by atoms with E-state index in [-0.39, 0.29) is 12.4 Å². The van der Waals surface area contributed by atoms with Crippen LogP contribution < -0.4 is 22.1 Å². The number of pyridine rings is 1. The summed E-state index contributed by atoms with van der Waals surface area (Å²) in [7, 11) is 0. The van der Waals surface area contributed by atoms with E-state index in [0.717, 1.165) is 11.3 Å². The number of nitrogens with zero attached hydrogens (tertiary/aromatic N) is 2. The van der Waals surface area contributed by atoms with Gasteiger partial charge >= 0.3 is 5.97 Å². The Labute approximate surface area is 169 Å². The molecule has 9 nitrogen and oxygen atoms in total. The van der Waals surface area contributed by atoms with Crippen LogP contribution in [0.1, 0.15) is 34.5 Å². The minimum absolute atomic E-state index is 0.0458. The van der Waals surface area contributed by atoms with Crippen LogP contribution >= 0.6 is 0 Å². The number of carbonyl (C=O) groups is 2. The molecule has 9 heteroatoms. The summed E-state index contributed by atoms with van der Waals surface area (Å²) in [6.07, 6.45) is 2.42. The lowest BCUT2D eigenvalue weighted by molar-refractivity contribution is -0.139. The minimum atomic E-state index is -1.10. The van der Waals surface area contributed by atoms with E-state index in [1.807, 2.05) is 30.3 Å². The Morgan fingerprint density at radius 1 is 1.10 bits per heavy atom. The van der Waals surface area contributed by atoms with E-state index in [1.54, 1.807) is 18.3 Å². The largest absolute Gasteiger partial charge is 0.480 e. The maximum absolute atomic E-state index is 12.3. The van der Waals surface area contributed by atoms with Crippen molar-refractivity contribution in [1.29, 1.82) is 0 Å². The van der Waals surface area contributed by atoms with Crippen LogP contribution in [0.15, 0.2) is 53.7 Å². The second-order valence-corrected chi connectivity index (χ2v) is 6.43. The van der Waals surface area contributed by atoms with Crippen molar-refractivity contribution in [3.63, 3.8) is 0 Å². The maximum Gasteiger partial charge on any atom is 0.326 e. The number of aromatic nitrogens is 1. The molecule has 7 N–H and O–H groups in total. The summed E-state index contributed by atoms with van der Waals surface area (Å²) in [5, 5.41) is 15.1. The second kappa shape index (κ2) is 11.4. The van der Waals surface area contributed by atoms with Crippen LogP contribution in [0, 0.1) is 0 Å². The molecule has 0 unspecified atom stereocenters. The molecule has 0 aliphatic heterocycles. The molecule has 2 aromatic rings. The zero-order valence-electron chi connectivity index (χ0n) is 16.0. The molecule has 29 heavy (non-hydrogen) atoms. The number of carboxylic acid groups (broad SMARTS) is 1. The SMILES string of the molecule is NC(N)=NCCC[C@H](NC(=O)c1ccc(CNCc2ccccn2)cc1)C(=O)O. The number of hydrogen-bond acceptors (Lipinski definition) is 5. The number of aliphatic imine (C=N–C) groups is 1. The normalized spacial score (nSPS) is 11.4. The van der Waals surface area contributed by atoms with Gasteiger partial charge in [0.1, 0.15) is 6.04 Å². The highest BCUT2D eigenvalue weighted by Gasteiger charge is 2.20. The first-order valence-corrected chi connectivity index (χ1v) is 9.24. The molecule has 0 aliphatic carbocycles. The molecule has 0 saturated carbocycles. The molecule has 0 bridgehead atoms. The van der Waals surface area contributed by atoms with Gasteiger partial charge in [-0.3, -0.25) is 14.8 Å². The van der Waals surface area contributed by atoms with Crippen molar-refractivity contribution in [3.05, 3.63) is 65.5 Å². The topological polar surface area (TPSA) is 156 Å². The average Bonchev–Trinajstić information content (AvgIpc) is 2.71. The summed E-state index contributed by atoms with van der Waals surface area (Å²) in [5.74, 6) is -1.58. The number of rotatable bonds is 11. The van der Waals surface area contributed by atoms with E-state index in [9.17, 15) is 14.7 Å². The smallest absolute Gasteiger partial charge is 0.326 e. The number of benzene rings is 1. The number of nitrogens with one attached hydrogen (secondary N) is 2. The Bertz CT molecular complexity index is 820. The van der Waals surface area contributed by atoms with Crippen molar-refractivity contribution in [2.75, 3.05) is 6.54 Å². The van der Waals surface area contributed by atoms with Gasteiger partial charge in [0.05, 0.1) is 5.69 Å². The van der Waals surface area contributed by atoms with Crippen LogP contribution in [0.3, 0.4) is 0 Å². The third-order valence-corrected chi connectivity index (χ3v) is 4.13. The summed E-state index contributed by atoms with van der Waals surface area (Å²) in [6.45, 7) is 1.58. The Morgan fingerprint density at radius 3 is 2.48 bits per heavy atom. The van der Waals surface area contributed by atoms with E-state index >= 15 is 0 Å². The van der Waals surface area contributed by atoms with Gasteiger partial charge in [-0.25, -0.2) is 4.79 Å². The van der Waals surface area contributed by atoms with Crippen molar-refractivity contribution >= 4 is 17.8 Å². The van der Waals surface area contributed by atoms with Crippen LogP contribution in [0.5, 0.6) is 0 Å². The summed E-state index contributed by atoms with van der Waals surface area (Å²) in [4.78, 5) is 31.8. The molecular formula is C20H26N6O3. The fraction of sp³-hybridized carbons (Fsp3) is 0.300. The molecule has 0 aliphatic rings. The third-order valence-electron chi connectivity index (χ3n) is 4.13. The van der Waals surface area contributed by atoms with Gasteiger partial charge in [-0.2, -0.15) is 0 Å². The summed E-state index contributed by atoms with van der Waals surface area (Å²) >= 11 is 0. The molecule has 1 aromatic carbocycles. The highest BCUT2D eigenvalue weighted by atomic mass is 16.4. The van der Waals surface area contributed by atoms with Crippen molar-refractivity contribution in [1.82, 2.24) is 15.6 Å². The first-order valence-electron chi connectivity index (χ1n) is 9.24. The molecule has 0 saturated heterocycles. The number of amides is 1. The van der Waals surface area contributed by atoms with E-state index in [1.165, 1.54) is 0 Å². The first kappa shape index (κ1) is 21.8. The molecule has 2 rings (SSSR count). The van der Waals surface area contributed by atoms with E-state index in [0.29, 0.717) is 31.6 Å². The highest BCUT2D eigenvalue weighted by molar-refractivity contribution is 5.96. The van der Waals surface area contributed by atoms with Crippen molar-refractivity contribution in [3.8, 4) is 0 Å². The molecule has 1 heterocycles. The van der Waals surface area contributed by atoms with Gasteiger partial charge in [0.2, 0.25) is 0 Å². The zero-order chi connectivity index (χ0) is 21.1. The van der Waals surface area contributed by atoms with Crippen LogP contribution in [0.25, 0.3) is 0 Å². The lowest BCUT2D eigenvalue weighted by Gasteiger charge is -2.14. The number of nitrogens with two attached hydrogens (primary N) is 2. The lowest BCUT2D eigenvalue weighted by Crippen LogP contribution is -2.40. The van der Waals surface area contributed by atoms with Gasteiger partial charge in [0.25, 0.3) is 5.91 Å². The minimum Gasteiger partial charge on any atom is -0.480 e. The summed E-state index contributed by atoms with van der Waals surface area (Å²) in [6, 6.07) is 11.7. The number of carboxylic acids is 1. The fourth-order valence-corrected chi connectivity index (χ4v) is 2.61. The molecule has 0 fully saturated rings. The second-order valence-electron chi connectivity index (χ2n) is 6.43. The number of aliphatic carboxylic acids is 1. The van der Waals surface area contributed by atoms with E-state index in [4.69, 9.17) is 11.5 Å². The quantitative estimate of drug-likeness (QED) is 0.211. The lowest BCUT2D eigenvalue weighted by atomic mass is 10.1. The van der Waals surface area contributed by atoms with E-state index in [2.05, 4.69) is 20.6 Å². The fourth-order valence-electron chi connectivity index (χ4n) is 2.61. The molecule has 154 valence electrons. The van der Waals surface area contributed by atoms with Crippen LogP contribution in [-0.4, -0.2) is 40.5 Å². The Morgan fingerprint density at radius 2 is 1.86 bits per heavy atom. The van der Waals surface area contributed by atoms with Crippen LogP contribution in [0.2, 0.25) is 0 Å². The Hall–Kier alpha value is -3.46. The standard InChI is InChI=1S/C20H26N6O3/c21-20(22)25-11-3-5-17(19(28)29)26-18(27)15-8-6-14(7-9-15)12-23-13-16-4-1-2-10-24-16/h1-2,4,6-10,17,23H,3,5,11-13H2,(H,26,27)(H,28,29)(H4,21,22,25)/t17-/m0/s1. The van der Waals surface area contributed by atoms with Crippen LogP contribution in [0.4, 0.5) is 0 Å². The van der Waals surface area contributed by atoms with E-state index < -0.39 is 17.9 Å². The molecule has 0 spiro atoms. The molecule has 1 aromatic heterocycles. The van der Waals surface area contributed by atoms with Crippen LogP contribution in [-0.2, 0) is 17.9 Å². The van der Waals surface area contributed by atoms with Gasteiger partial charge in [-0.15, -0.1) is 0 Å². The predicted octanol–water partition coefficient (Wildman–Crippen LogP) is 0.608. The summed E-state index contributed by atoms with van der Waals surface area (Å²) < 4.78 is 0. The maximum atomic E-state index is 12.3.